The zero-order chi connectivity index (χ0) is 15.7. The molecule has 0 aromatic heterocycles. The van der Waals surface area contributed by atoms with E-state index in [2.05, 4.69) is 11.9 Å². The Morgan fingerprint density at radius 1 is 1.05 bits per heavy atom. The van der Waals surface area contributed by atoms with Gasteiger partial charge in [-0.05, 0) is 25.1 Å². The van der Waals surface area contributed by atoms with Crippen molar-refractivity contribution >= 4 is 31.6 Å². The third kappa shape index (κ3) is 4.13. The molecule has 1 amide bonds. The highest BCUT2D eigenvalue weighted by molar-refractivity contribution is 7.90. The SMILES string of the molecule is C=C(C)C(=O)Nc1cc(S(N)(=O)=O)cc(S(N)(=O)=O)c1. The molecule has 0 radical (unpaired) electrons. The van der Waals surface area contributed by atoms with Gasteiger partial charge in [-0.15, -0.1) is 0 Å². The Hall–Kier alpha value is -1.75. The molecule has 0 heterocycles. The number of sulfonamides is 2. The van der Waals surface area contributed by atoms with Crippen LogP contribution in [0.4, 0.5) is 5.69 Å². The van der Waals surface area contributed by atoms with Gasteiger partial charge in [-0.2, -0.15) is 0 Å². The second-order valence-corrected chi connectivity index (χ2v) is 7.14. The lowest BCUT2D eigenvalue weighted by atomic mass is 10.3. The minimum atomic E-state index is -4.16. The fourth-order valence-electron chi connectivity index (χ4n) is 1.21. The van der Waals surface area contributed by atoms with Crippen molar-refractivity contribution in [2.75, 3.05) is 5.32 Å². The highest BCUT2D eigenvalue weighted by Gasteiger charge is 2.17. The summed E-state index contributed by atoms with van der Waals surface area (Å²) in [4.78, 5) is 10.5. The summed E-state index contributed by atoms with van der Waals surface area (Å²) in [5, 5.41) is 12.2. The molecule has 1 aromatic carbocycles. The number of hydrogen-bond donors (Lipinski definition) is 3. The van der Waals surface area contributed by atoms with Gasteiger partial charge in [0, 0.05) is 11.3 Å². The Kier molecular flexibility index (Phi) is 4.34. The van der Waals surface area contributed by atoms with Gasteiger partial charge in [0.2, 0.25) is 20.0 Å². The van der Waals surface area contributed by atoms with Crippen LogP contribution in [0.15, 0.2) is 40.1 Å². The molecule has 0 saturated carbocycles. The van der Waals surface area contributed by atoms with Crippen molar-refractivity contribution in [3.8, 4) is 0 Å². The largest absolute Gasteiger partial charge is 0.322 e. The number of amides is 1. The molecular formula is C10H13N3O5S2. The van der Waals surface area contributed by atoms with Gasteiger partial charge >= 0.3 is 0 Å². The minimum Gasteiger partial charge on any atom is -0.322 e. The maximum absolute atomic E-state index is 11.5. The molecule has 110 valence electrons. The minimum absolute atomic E-state index is 0.0754. The summed E-state index contributed by atoms with van der Waals surface area (Å²) in [5.74, 6) is -0.600. The number of benzene rings is 1. The Morgan fingerprint density at radius 3 is 1.75 bits per heavy atom. The van der Waals surface area contributed by atoms with Gasteiger partial charge < -0.3 is 5.32 Å². The Morgan fingerprint density at radius 2 is 1.45 bits per heavy atom. The summed E-state index contributed by atoms with van der Waals surface area (Å²) in [5.41, 5.74) is 0.0803. The number of nitrogens with one attached hydrogen (secondary N) is 1. The maximum Gasteiger partial charge on any atom is 0.250 e. The lowest BCUT2D eigenvalue weighted by Crippen LogP contribution is -2.18. The topological polar surface area (TPSA) is 149 Å². The van der Waals surface area contributed by atoms with Gasteiger partial charge in [0.15, 0.2) is 0 Å². The van der Waals surface area contributed by atoms with Gasteiger partial charge in [0.25, 0.3) is 5.91 Å². The van der Waals surface area contributed by atoms with Crippen molar-refractivity contribution < 1.29 is 21.6 Å². The average Bonchev–Trinajstić information content (AvgIpc) is 2.26. The quantitative estimate of drug-likeness (QED) is 0.639. The number of hydrogen-bond acceptors (Lipinski definition) is 5. The van der Waals surface area contributed by atoms with Crippen LogP contribution in [-0.4, -0.2) is 22.7 Å². The molecule has 0 aliphatic rings. The number of primary sulfonamides is 2. The summed E-state index contributed by atoms with van der Waals surface area (Å²) >= 11 is 0. The van der Waals surface area contributed by atoms with E-state index in [0.717, 1.165) is 18.2 Å². The standard InChI is InChI=1S/C10H13N3O5S2/c1-6(2)10(14)13-7-3-8(19(11,15)16)5-9(4-7)20(12,17)18/h3-5H,1H2,2H3,(H,13,14)(H2,11,15,16)(H2,12,17,18). The molecule has 5 N–H and O–H groups in total. The summed E-state index contributed by atoms with van der Waals surface area (Å²) in [6.45, 7) is 4.83. The van der Waals surface area contributed by atoms with E-state index in [0.29, 0.717) is 0 Å². The zero-order valence-electron chi connectivity index (χ0n) is 10.5. The Labute approximate surface area is 116 Å². The van der Waals surface area contributed by atoms with Crippen LogP contribution in [0.25, 0.3) is 0 Å². The summed E-state index contributed by atoms with van der Waals surface area (Å²) in [7, 11) is -8.32. The second-order valence-electron chi connectivity index (χ2n) is 4.02. The molecule has 0 bridgehead atoms. The maximum atomic E-state index is 11.5. The number of anilines is 1. The van der Waals surface area contributed by atoms with Crippen LogP contribution in [0.5, 0.6) is 0 Å². The molecule has 8 nitrogen and oxygen atoms in total. The van der Waals surface area contributed by atoms with E-state index in [1.165, 1.54) is 6.92 Å². The molecule has 0 spiro atoms. The second kappa shape index (κ2) is 5.32. The molecular weight excluding hydrogens is 306 g/mol. The molecule has 0 unspecified atom stereocenters. The first-order valence-corrected chi connectivity index (χ1v) is 8.18. The molecule has 1 rings (SSSR count). The average molecular weight is 319 g/mol. The van der Waals surface area contributed by atoms with Crippen LogP contribution in [-0.2, 0) is 24.8 Å². The third-order valence-corrected chi connectivity index (χ3v) is 3.97. The zero-order valence-corrected chi connectivity index (χ0v) is 12.1. The van der Waals surface area contributed by atoms with Crippen LogP contribution in [0.3, 0.4) is 0 Å². The highest BCUT2D eigenvalue weighted by Crippen LogP contribution is 2.21. The molecule has 1 aromatic rings. The van der Waals surface area contributed by atoms with Gasteiger partial charge in [0.05, 0.1) is 9.79 Å². The van der Waals surface area contributed by atoms with E-state index in [1.54, 1.807) is 0 Å². The molecule has 0 aliphatic heterocycles. The van der Waals surface area contributed by atoms with Gasteiger partial charge in [0.1, 0.15) is 0 Å². The lowest BCUT2D eigenvalue weighted by molar-refractivity contribution is -0.112. The number of rotatable bonds is 4. The molecule has 0 aliphatic carbocycles. The molecule has 20 heavy (non-hydrogen) atoms. The normalized spacial score (nSPS) is 11.9. The van der Waals surface area contributed by atoms with E-state index < -0.39 is 35.7 Å². The van der Waals surface area contributed by atoms with E-state index >= 15 is 0 Å². The van der Waals surface area contributed by atoms with Crippen LogP contribution >= 0.6 is 0 Å². The molecule has 10 heteroatoms. The first kappa shape index (κ1) is 16.3. The van der Waals surface area contributed by atoms with Gasteiger partial charge in [-0.25, -0.2) is 27.1 Å². The van der Waals surface area contributed by atoms with Crippen LogP contribution in [0.2, 0.25) is 0 Å². The Balaban J connectivity index is 3.47. The number of nitrogens with two attached hydrogens (primary N) is 2. The van der Waals surface area contributed by atoms with Crippen molar-refractivity contribution in [3.05, 3.63) is 30.4 Å². The van der Waals surface area contributed by atoms with Gasteiger partial charge in [-0.1, -0.05) is 6.58 Å². The van der Waals surface area contributed by atoms with Crippen molar-refractivity contribution in [1.29, 1.82) is 0 Å². The number of carbonyl (C=O) groups excluding carboxylic acids is 1. The first-order chi connectivity index (χ1) is 8.91. The summed E-state index contributed by atoms with van der Waals surface area (Å²) < 4.78 is 45.2. The van der Waals surface area contributed by atoms with Crippen molar-refractivity contribution in [1.82, 2.24) is 0 Å². The number of carbonyl (C=O) groups is 1. The summed E-state index contributed by atoms with van der Waals surface area (Å²) in [6, 6.07) is 2.84. The monoisotopic (exact) mass is 319 g/mol. The predicted octanol–water partition coefficient (Wildman–Crippen LogP) is -0.504. The fraction of sp³-hybridized carbons (Fsp3) is 0.100. The smallest absolute Gasteiger partial charge is 0.250 e. The van der Waals surface area contributed by atoms with Gasteiger partial charge in [-0.3, -0.25) is 4.79 Å². The van der Waals surface area contributed by atoms with Crippen LogP contribution in [0, 0.1) is 0 Å². The fourth-order valence-corrected chi connectivity index (χ4v) is 2.45. The molecule has 0 atom stereocenters. The van der Waals surface area contributed by atoms with Crippen LogP contribution < -0.4 is 15.6 Å². The molecule has 0 saturated heterocycles. The van der Waals surface area contributed by atoms with E-state index in [4.69, 9.17) is 10.3 Å². The third-order valence-electron chi connectivity index (χ3n) is 2.18. The van der Waals surface area contributed by atoms with Crippen molar-refractivity contribution in [2.24, 2.45) is 10.3 Å². The van der Waals surface area contributed by atoms with Crippen LogP contribution in [0.1, 0.15) is 6.92 Å². The van der Waals surface area contributed by atoms with Crippen molar-refractivity contribution in [3.63, 3.8) is 0 Å². The van der Waals surface area contributed by atoms with E-state index in [-0.39, 0.29) is 11.3 Å². The highest BCUT2D eigenvalue weighted by atomic mass is 32.2. The molecule has 0 fully saturated rings. The van der Waals surface area contributed by atoms with E-state index in [9.17, 15) is 21.6 Å². The Bertz CT molecular complexity index is 731. The van der Waals surface area contributed by atoms with Crippen molar-refractivity contribution in [2.45, 2.75) is 16.7 Å². The first-order valence-electron chi connectivity index (χ1n) is 5.09. The summed E-state index contributed by atoms with van der Waals surface area (Å²) in [6.07, 6.45) is 0. The lowest BCUT2D eigenvalue weighted by Gasteiger charge is -2.09. The predicted molar refractivity (Wildman–Crippen MR) is 72.6 cm³/mol. The van der Waals surface area contributed by atoms with E-state index in [1.807, 2.05) is 0 Å².